The van der Waals surface area contributed by atoms with Crippen molar-refractivity contribution in [1.29, 1.82) is 0 Å². The molecule has 0 saturated heterocycles. The molecule has 1 heterocycles. The Labute approximate surface area is 177 Å². The SMILES string of the molecule is CCOc1cc(CNC2CCCCCC2)ccc1Oc1nnnn1-c1ccccc1. The molecule has 1 aromatic heterocycles. The van der Waals surface area contributed by atoms with E-state index in [9.17, 15) is 0 Å². The standard InChI is InChI=1S/C23H29N5O2/c1-2-29-22-16-18(17-24-19-10-6-3-4-7-11-19)14-15-21(22)30-23-25-26-27-28(23)20-12-8-5-9-13-20/h5,8-9,12-16,19,24H,2-4,6-7,10-11,17H2,1H3. The van der Waals surface area contributed by atoms with Crippen LogP contribution in [0.4, 0.5) is 0 Å². The second-order valence-electron chi connectivity index (χ2n) is 7.59. The number of nitrogens with zero attached hydrogens (tertiary/aromatic N) is 4. The molecule has 0 atom stereocenters. The fourth-order valence-corrected chi connectivity index (χ4v) is 3.83. The topological polar surface area (TPSA) is 74.1 Å². The molecular weight excluding hydrogens is 378 g/mol. The molecule has 0 bridgehead atoms. The second-order valence-corrected chi connectivity index (χ2v) is 7.59. The molecule has 2 aromatic carbocycles. The van der Waals surface area contributed by atoms with E-state index in [4.69, 9.17) is 9.47 Å². The maximum absolute atomic E-state index is 6.04. The number of hydrogen-bond acceptors (Lipinski definition) is 6. The van der Waals surface area contributed by atoms with Crippen molar-refractivity contribution < 1.29 is 9.47 Å². The van der Waals surface area contributed by atoms with E-state index in [0.29, 0.717) is 30.2 Å². The monoisotopic (exact) mass is 407 g/mol. The van der Waals surface area contributed by atoms with E-state index in [2.05, 4.69) is 26.9 Å². The first-order valence-electron chi connectivity index (χ1n) is 10.8. The van der Waals surface area contributed by atoms with Crippen LogP contribution < -0.4 is 14.8 Å². The zero-order valence-electron chi connectivity index (χ0n) is 17.5. The highest BCUT2D eigenvalue weighted by Crippen LogP contribution is 2.32. The van der Waals surface area contributed by atoms with Gasteiger partial charge in [0.05, 0.1) is 12.3 Å². The number of nitrogens with one attached hydrogen (secondary N) is 1. The lowest BCUT2D eigenvalue weighted by Crippen LogP contribution is -2.27. The Hall–Kier alpha value is -2.93. The molecule has 7 heteroatoms. The van der Waals surface area contributed by atoms with Gasteiger partial charge in [0, 0.05) is 12.6 Å². The van der Waals surface area contributed by atoms with Crippen molar-refractivity contribution >= 4 is 0 Å². The highest BCUT2D eigenvalue weighted by molar-refractivity contribution is 5.45. The van der Waals surface area contributed by atoms with Crippen molar-refractivity contribution in [2.75, 3.05) is 6.61 Å². The van der Waals surface area contributed by atoms with Crippen LogP contribution in [-0.2, 0) is 6.54 Å². The van der Waals surface area contributed by atoms with Crippen LogP contribution in [0.15, 0.2) is 48.5 Å². The van der Waals surface area contributed by atoms with Crippen LogP contribution in [-0.4, -0.2) is 32.9 Å². The van der Waals surface area contributed by atoms with Gasteiger partial charge in [-0.1, -0.05) is 55.0 Å². The van der Waals surface area contributed by atoms with Crippen LogP contribution in [0.2, 0.25) is 0 Å². The average molecular weight is 408 g/mol. The van der Waals surface area contributed by atoms with E-state index in [1.807, 2.05) is 49.4 Å². The summed E-state index contributed by atoms with van der Waals surface area (Å²) < 4.78 is 13.5. The molecule has 0 radical (unpaired) electrons. The van der Waals surface area contributed by atoms with Crippen LogP contribution >= 0.6 is 0 Å². The Morgan fingerprint density at radius 2 is 1.80 bits per heavy atom. The van der Waals surface area contributed by atoms with Gasteiger partial charge in [0.1, 0.15) is 0 Å². The van der Waals surface area contributed by atoms with Gasteiger partial charge >= 0.3 is 6.01 Å². The van der Waals surface area contributed by atoms with E-state index < -0.39 is 0 Å². The van der Waals surface area contributed by atoms with Gasteiger partial charge in [0.15, 0.2) is 11.5 Å². The number of para-hydroxylation sites is 1. The van der Waals surface area contributed by atoms with Crippen LogP contribution in [0, 0.1) is 0 Å². The summed E-state index contributed by atoms with van der Waals surface area (Å²) in [6.45, 7) is 3.35. The van der Waals surface area contributed by atoms with Crippen LogP contribution in [0.25, 0.3) is 5.69 Å². The first-order valence-corrected chi connectivity index (χ1v) is 10.8. The zero-order chi connectivity index (χ0) is 20.6. The third-order valence-corrected chi connectivity index (χ3v) is 5.40. The average Bonchev–Trinajstić information content (AvgIpc) is 3.08. The van der Waals surface area contributed by atoms with Gasteiger partial charge in [-0.2, -0.15) is 4.68 Å². The third-order valence-electron chi connectivity index (χ3n) is 5.40. The third kappa shape index (κ3) is 5.16. The number of benzene rings is 2. The van der Waals surface area contributed by atoms with E-state index in [1.54, 1.807) is 4.68 Å². The Morgan fingerprint density at radius 3 is 2.57 bits per heavy atom. The summed E-state index contributed by atoms with van der Waals surface area (Å²) in [5, 5.41) is 15.5. The van der Waals surface area contributed by atoms with Crippen molar-refractivity contribution in [2.24, 2.45) is 0 Å². The lowest BCUT2D eigenvalue weighted by molar-refractivity contribution is 0.314. The molecule has 0 aliphatic heterocycles. The first-order chi connectivity index (χ1) is 14.8. The van der Waals surface area contributed by atoms with E-state index in [1.165, 1.54) is 44.1 Å². The molecule has 3 aromatic rings. The molecule has 1 fully saturated rings. The number of aromatic nitrogens is 4. The second kappa shape index (κ2) is 10.2. The number of ether oxygens (including phenoxy) is 2. The van der Waals surface area contributed by atoms with Gasteiger partial charge < -0.3 is 14.8 Å². The van der Waals surface area contributed by atoms with Gasteiger partial charge in [0.2, 0.25) is 0 Å². The van der Waals surface area contributed by atoms with Crippen LogP contribution in [0.1, 0.15) is 51.0 Å². The molecule has 7 nitrogen and oxygen atoms in total. The highest BCUT2D eigenvalue weighted by Gasteiger charge is 2.16. The Bertz CT molecular complexity index is 920. The first kappa shape index (κ1) is 20.3. The molecular formula is C23H29N5O2. The Morgan fingerprint density at radius 1 is 1.00 bits per heavy atom. The smallest absolute Gasteiger partial charge is 0.346 e. The molecule has 30 heavy (non-hydrogen) atoms. The molecule has 1 saturated carbocycles. The summed E-state index contributed by atoms with van der Waals surface area (Å²) >= 11 is 0. The lowest BCUT2D eigenvalue weighted by atomic mass is 10.1. The fourth-order valence-electron chi connectivity index (χ4n) is 3.83. The molecule has 0 spiro atoms. The summed E-state index contributed by atoms with van der Waals surface area (Å²) in [4.78, 5) is 0. The van der Waals surface area contributed by atoms with Crippen LogP contribution in [0.5, 0.6) is 17.5 Å². The van der Waals surface area contributed by atoms with Crippen molar-refractivity contribution in [2.45, 2.75) is 58.0 Å². The minimum absolute atomic E-state index is 0.298. The highest BCUT2D eigenvalue weighted by atomic mass is 16.5. The number of tetrazole rings is 1. The number of hydrogen-bond donors (Lipinski definition) is 1. The predicted molar refractivity (Wildman–Crippen MR) is 115 cm³/mol. The molecule has 1 N–H and O–H groups in total. The van der Waals surface area contributed by atoms with E-state index in [0.717, 1.165) is 12.2 Å². The van der Waals surface area contributed by atoms with Gasteiger partial charge in [-0.05, 0) is 60.0 Å². The van der Waals surface area contributed by atoms with E-state index >= 15 is 0 Å². The summed E-state index contributed by atoms with van der Waals surface area (Å²) in [6.07, 6.45) is 7.90. The molecule has 0 amide bonds. The Kier molecular flexibility index (Phi) is 6.92. The van der Waals surface area contributed by atoms with Crippen molar-refractivity contribution in [3.8, 4) is 23.2 Å². The van der Waals surface area contributed by atoms with Gasteiger partial charge in [-0.25, -0.2) is 0 Å². The normalized spacial score (nSPS) is 15.0. The predicted octanol–water partition coefficient (Wildman–Crippen LogP) is 4.67. The lowest BCUT2D eigenvalue weighted by Gasteiger charge is -2.17. The summed E-state index contributed by atoms with van der Waals surface area (Å²) in [7, 11) is 0. The Balaban J connectivity index is 1.48. The molecule has 4 rings (SSSR count). The minimum atomic E-state index is 0.298. The molecule has 0 unspecified atom stereocenters. The summed E-state index contributed by atoms with van der Waals surface area (Å²) in [5.74, 6) is 1.29. The molecule has 158 valence electrons. The van der Waals surface area contributed by atoms with Gasteiger partial charge in [-0.3, -0.25) is 0 Å². The van der Waals surface area contributed by atoms with Gasteiger partial charge in [0.25, 0.3) is 0 Å². The summed E-state index contributed by atoms with van der Waals surface area (Å²) in [6, 6.07) is 16.6. The number of rotatable bonds is 8. The van der Waals surface area contributed by atoms with Gasteiger partial charge in [-0.15, -0.1) is 0 Å². The minimum Gasteiger partial charge on any atom is -0.490 e. The summed E-state index contributed by atoms with van der Waals surface area (Å²) in [5.41, 5.74) is 2.01. The van der Waals surface area contributed by atoms with Crippen LogP contribution in [0.3, 0.4) is 0 Å². The maximum atomic E-state index is 6.04. The largest absolute Gasteiger partial charge is 0.490 e. The van der Waals surface area contributed by atoms with E-state index in [-0.39, 0.29) is 0 Å². The molecule has 1 aliphatic carbocycles. The quantitative estimate of drug-likeness (QED) is 0.547. The molecule has 1 aliphatic rings. The van der Waals surface area contributed by atoms with Crippen molar-refractivity contribution in [3.05, 3.63) is 54.1 Å². The fraction of sp³-hybridized carbons (Fsp3) is 0.435. The van der Waals surface area contributed by atoms with Crippen molar-refractivity contribution in [1.82, 2.24) is 25.5 Å². The zero-order valence-corrected chi connectivity index (χ0v) is 17.5. The van der Waals surface area contributed by atoms with Crippen molar-refractivity contribution in [3.63, 3.8) is 0 Å². The maximum Gasteiger partial charge on any atom is 0.346 e.